The largest absolute Gasteiger partial charge is 0.348 e. The maximum atomic E-state index is 12.9. The molecule has 134 valence electrons. The van der Waals surface area contributed by atoms with E-state index in [0.717, 1.165) is 35.1 Å². The van der Waals surface area contributed by atoms with Gasteiger partial charge in [-0.25, -0.2) is 9.67 Å². The SMILES string of the molecule is CC(C)n1ncc2c(C(=O)NCc3ccc(Cl)cc3)cc(C3CC3)nc21. The molecule has 1 aliphatic rings. The number of carbonyl (C=O) groups is 1. The van der Waals surface area contributed by atoms with E-state index >= 15 is 0 Å². The van der Waals surface area contributed by atoms with Crippen molar-refractivity contribution in [2.75, 3.05) is 0 Å². The number of nitrogens with one attached hydrogen (secondary N) is 1. The van der Waals surface area contributed by atoms with Gasteiger partial charge in [-0.15, -0.1) is 0 Å². The molecule has 0 unspecified atom stereocenters. The average Bonchev–Trinajstić information content (AvgIpc) is 3.39. The number of aromatic nitrogens is 3. The van der Waals surface area contributed by atoms with E-state index in [4.69, 9.17) is 16.6 Å². The molecule has 1 aliphatic carbocycles. The summed E-state index contributed by atoms with van der Waals surface area (Å²) in [5.41, 5.74) is 3.45. The van der Waals surface area contributed by atoms with Gasteiger partial charge in [0, 0.05) is 29.2 Å². The van der Waals surface area contributed by atoms with Crippen LogP contribution < -0.4 is 5.32 Å². The fraction of sp³-hybridized carbons (Fsp3) is 0.350. The molecule has 26 heavy (non-hydrogen) atoms. The van der Waals surface area contributed by atoms with Crippen LogP contribution in [0.15, 0.2) is 36.5 Å². The van der Waals surface area contributed by atoms with Crippen molar-refractivity contribution in [3.8, 4) is 0 Å². The van der Waals surface area contributed by atoms with Crippen LogP contribution in [0.25, 0.3) is 11.0 Å². The monoisotopic (exact) mass is 368 g/mol. The summed E-state index contributed by atoms with van der Waals surface area (Å²) in [5, 5.41) is 8.94. The van der Waals surface area contributed by atoms with Crippen molar-refractivity contribution in [1.29, 1.82) is 0 Å². The molecule has 1 N–H and O–H groups in total. The van der Waals surface area contributed by atoms with E-state index in [-0.39, 0.29) is 11.9 Å². The van der Waals surface area contributed by atoms with Crippen molar-refractivity contribution in [3.63, 3.8) is 0 Å². The van der Waals surface area contributed by atoms with Gasteiger partial charge in [0.1, 0.15) is 0 Å². The highest BCUT2D eigenvalue weighted by molar-refractivity contribution is 6.30. The predicted octanol–water partition coefficient (Wildman–Crippen LogP) is 4.47. The Labute approximate surface area is 157 Å². The summed E-state index contributed by atoms with van der Waals surface area (Å²) in [6, 6.07) is 9.61. The molecule has 0 radical (unpaired) electrons. The van der Waals surface area contributed by atoms with Crippen molar-refractivity contribution in [3.05, 3.63) is 58.4 Å². The van der Waals surface area contributed by atoms with Gasteiger partial charge in [0.25, 0.3) is 5.91 Å². The minimum Gasteiger partial charge on any atom is -0.348 e. The Morgan fingerprint density at radius 2 is 2.04 bits per heavy atom. The summed E-state index contributed by atoms with van der Waals surface area (Å²) in [4.78, 5) is 17.7. The first kappa shape index (κ1) is 17.0. The first-order valence-electron chi connectivity index (χ1n) is 8.93. The van der Waals surface area contributed by atoms with E-state index in [9.17, 15) is 4.79 Å². The molecule has 2 heterocycles. The second-order valence-electron chi connectivity index (χ2n) is 7.10. The van der Waals surface area contributed by atoms with Crippen molar-refractivity contribution in [2.45, 2.75) is 45.2 Å². The molecule has 2 aromatic heterocycles. The van der Waals surface area contributed by atoms with Gasteiger partial charge in [-0.2, -0.15) is 5.10 Å². The van der Waals surface area contributed by atoms with Crippen LogP contribution in [0.1, 0.15) is 60.3 Å². The second kappa shape index (κ2) is 6.72. The van der Waals surface area contributed by atoms with Gasteiger partial charge in [-0.05, 0) is 50.5 Å². The summed E-state index contributed by atoms with van der Waals surface area (Å²) in [6.45, 7) is 4.59. The molecule has 0 spiro atoms. The van der Waals surface area contributed by atoms with Gasteiger partial charge in [0.05, 0.1) is 17.1 Å². The highest BCUT2D eigenvalue weighted by Gasteiger charge is 2.28. The third-order valence-corrected chi connectivity index (χ3v) is 4.93. The van der Waals surface area contributed by atoms with Gasteiger partial charge < -0.3 is 5.32 Å². The maximum Gasteiger partial charge on any atom is 0.252 e. The van der Waals surface area contributed by atoms with Crippen LogP contribution in [0.2, 0.25) is 5.02 Å². The Bertz CT molecular complexity index is 958. The summed E-state index contributed by atoms with van der Waals surface area (Å²) in [5.74, 6) is 0.371. The van der Waals surface area contributed by atoms with Crippen LogP contribution in [0.5, 0.6) is 0 Å². The standard InChI is InChI=1S/C20H21ClN4O/c1-12(2)25-19-17(11-23-25)16(9-18(24-19)14-5-6-14)20(26)22-10-13-3-7-15(21)8-4-13/h3-4,7-9,11-12,14H,5-6,10H2,1-2H3,(H,22,26). The number of amides is 1. The summed E-state index contributed by atoms with van der Waals surface area (Å²) in [7, 11) is 0. The van der Waals surface area contributed by atoms with E-state index in [1.165, 1.54) is 0 Å². The number of rotatable bonds is 5. The molecule has 1 fully saturated rings. The molecule has 0 saturated heterocycles. The molecular weight excluding hydrogens is 348 g/mol. The van der Waals surface area contributed by atoms with E-state index in [1.807, 2.05) is 35.0 Å². The van der Waals surface area contributed by atoms with E-state index in [2.05, 4.69) is 24.3 Å². The topological polar surface area (TPSA) is 59.8 Å². The van der Waals surface area contributed by atoms with E-state index < -0.39 is 0 Å². The number of carbonyl (C=O) groups excluding carboxylic acids is 1. The highest BCUT2D eigenvalue weighted by atomic mass is 35.5. The Kier molecular flexibility index (Phi) is 4.41. The first-order valence-corrected chi connectivity index (χ1v) is 9.31. The zero-order valence-electron chi connectivity index (χ0n) is 14.9. The molecule has 3 aromatic rings. The lowest BCUT2D eigenvalue weighted by atomic mass is 10.1. The molecule has 5 nitrogen and oxygen atoms in total. The quantitative estimate of drug-likeness (QED) is 0.722. The summed E-state index contributed by atoms with van der Waals surface area (Å²) in [6.07, 6.45) is 4.02. The number of fused-ring (bicyclic) bond motifs is 1. The third kappa shape index (κ3) is 3.31. The lowest BCUT2D eigenvalue weighted by Crippen LogP contribution is -2.23. The van der Waals surface area contributed by atoms with Crippen LogP contribution in [-0.2, 0) is 6.54 Å². The Morgan fingerprint density at radius 3 is 2.69 bits per heavy atom. The molecule has 0 atom stereocenters. The van der Waals surface area contributed by atoms with Crippen LogP contribution in [-0.4, -0.2) is 20.7 Å². The Hall–Kier alpha value is -2.40. The Balaban J connectivity index is 1.65. The van der Waals surface area contributed by atoms with Crippen molar-refractivity contribution < 1.29 is 4.79 Å². The number of pyridine rings is 1. The van der Waals surface area contributed by atoms with Gasteiger partial charge in [-0.1, -0.05) is 23.7 Å². The lowest BCUT2D eigenvalue weighted by Gasteiger charge is -2.11. The van der Waals surface area contributed by atoms with Crippen LogP contribution in [0, 0.1) is 0 Å². The zero-order chi connectivity index (χ0) is 18.3. The molecule has 1 aromatic carbocycles. The number of halogens is 1. The smallest absolute Gasteiger partial charge is 0.252 e. The van der Waals surface area contributed by atoms with Crippen LogP contribution >= 0.6 is 11.6 Å². The van der Waals surface area contributed by atoms with Crippen molar-refractivity contribution in [2.24, 2.45) is 0 Å². The van der Waals surface area contributed by atoms with E-state index in [1.54, 1.807) is 6.20 Å². The van der Waals surface area contributed by atoms with Crippen molar-refractivity contribution in [1.82, 2.24) is 20.1 Å². The molecule has 1 amide bonds. The third-order valence-electron chi connectivity index (χ3n) is 4.68. The zero-order valence-corrected chi connectivity index (χ0v) is 15.6. The number of benzene rings is 1. The minimum absolute atomic E-state index is 0.0995. The minimum atomic E-state index is -0.0995. The van der Waals surface area contributed by atoms with E-state index in [0.29, 0.717) is 23.0 Å². The Morgan fingerprint density at radius 1 is 1.31 bits per heavy atom. The van der Waals surface area contributed by atoms with Gasteiger partial charge in [-0.3, -0.25) is 4.79 Å². The lowest BCUT2D eigenvalue weighted by molar-refractivity contribution is 0.0952. The van der Waals surface area contributed by atoms with Crippen LogP contribution in [0.4, 0.5) is 0 Å². The number of hydrogen-bond acceptors (Lipinski definition) is 3. The average molecular weight is 369 g/mol. The molecule has 6 heteroatoms. The fourth-order valence-corrected chi connectivity index (χ4v) is 3.20. The first-order chi connectivity index (χ1) is 12.5. The molecule has 1 saturated carbocycles. The van der Waals surface area contributed by atoms with Crippen molar-refractivity contribution >= 4 is 28.5 Å². The molecule has 0 bridgehead atoms. The normalized spacial score (nSPS) is 14.2. The highest BCUT2D eigenvalue weighted by Crippen LogP contribution is 2.40. The van der Waals surface area contributed by atoms with Gasteiger partial charge >= 0.3 is 0 Å². The van der Waals surface area contributed by atoms with Crippen LogP contribution in [0.3, 0.4) is 0 Å². The maximum absolute atomic E-state index is 12.9. The van der Waals surface area contributed by atoms with Gasteiger partial charge in [0.2, 0.25) is 0 Å². The predicted molar refractivity (Wildman–Crippen MR) is 103 cm³/mol. The second-order valence-corrected chi connectivity index (χ2v) is 7.53. The molecular formula is C20H21ClN4O. The number of nitrogens with zero attached hydrogens (tertiary/aromatic N) is 3. The molecule has 4 rings (SSSR count). The molecule has 0 aliphatic heterocycles. The van der Waals surface area contributed by atoms with Gasteiger partial charge in [0.15, 0.2) is 5.65 Å². The number of hydrogen-bond donors (Lipinski definition) is 1. The summed E-state index contributed by atoms with van der Waals surface area (Å²) < 4.78 is 1.89. The fourth-order valence-electron chi connectivity index (χ4n) is 3.07. The summed E-state index contributed by atoms with van der Waals surface area (Å²) >= 11 is 5.91.